The third-order valence-corrected chi connectivity index (χ3v) is 3.00. The summed E-state index contributed by atoms with van der Waals surface area (Å²) < 4.78 is 13.9. The Morgan fingerprint density at radius 3 is 2.25 bits per heavy atom. The fourth-order valence-electron chi connectivity index (χ4n) is 2.07. The van der Waals surface area contributed by atoms with Crippen LogP contribution in [-0.2, 0) is 0 Å². The Kier molecular flexibility index (Phi) is 3.50. The molecule has 2 heteroatoms. The van der Waals surface area contributed by atoms with Gasteiger partial charge in [0.25, 0.3) is 0 Å². The van der Waals surface area contributed by atoms with Gasteiger partial charge < -0.3 is 0 Å². The van der Waals surface area contributed by atoms with Crippen LogP contribution in [0.2, 0.25) is 0 Å². The molecule has 1 aromatic rings. The molecule has 0 spiro atoms. The van der Waals surface area contributed by atoms with Gasteiger partial charge in [-0.1, -0.05) is 36.8 Å². The molecule has 1 aromatic carbocycles. The molecule has 0 aliphatic heterocycles. The second-order valence-corrected chi connectivity index (χ2v) is 4.17. The molecule has 1 nitrogen and oxygen atoms in total. The minimum Gasteiger partial charge on any atom is -0.286 e. The smallest absolute Gasteiger partial charge is 0.221 e. The predicted octanol–water partition coefficient (Wildman–Crippen LogP) is 4.06. The number of Topliss-reactive ketones (excluding diaryl/α,β-unsaturated/α-hetero) is 1. The number of benzene rings is 1. The highest BCUT2D eigenvalue weighted by atomic mass is 19.1. The maximum Gasteiger partial charge on any atom is 0.221 e. The van der Waals surface area contributed by atoms with Gasteiger partial charge in [0.2, 0.25) is 5.78 Å². The van der Waals surface area contributed by atoms with Crippen LogP contribution in [-0.4, -0.2) is 5.78 Å². The summed E-state index contributed by atoms with van der Waals surface area (Å²) in [6, 6.07) is 8.65. The van der Waals surface area contributed by atoms with Crippen molar-refractivity contribution < 1.29 is 9.18 Å². The monoisotopic (exact) mass is 218 g/mol. The first-order chi connectivity index (χ1) is 7.79. The Morgan fingerprint density at radius 1 is 1.00 bits per heavy atom. The molecule has 0 bridgehead atoms. The maximum absolute atomic E-state index is 13.9. The van der Waals surface area contributed by atoms with E-state index in [0.717, 1.165) is 32.1 Å². The number of hydrogen-bond donors (Lipinski definition) is 0. The van der Waals surface area contributed by atoms with E-state index in [1.165, 1.54) is 0 Å². The van der Waals surface area contributed by atoms with Crippen molar-refractivity contribution in [2.75, 3.05) is 0 Å². The zero-order valence-corrected chi connectivity index (χ0v) is 9.21. The average molecular weight is 218 g/mol. The first-order valence-corrected chi connectivity index (χ1v) is 5.76. The van der Waals surface area contributed by atoms with Crippen molar-refractivity contribution >= 4 is 5.78 Å². The molecule has 2 rings (SSSR count). The average Bonchev–Trinajstić information content (AvgIpc) is 2.39. The van der Waals surface area contributed by atoms with Crippen LogP contribution in [0.3, 0.4) is 0 Å². The molecule has 0 unspecified atom stereocenters. The lowest BCUT2D eigenvalue weighted by molar-refractivity contribution is 0.100. The van der Waals surface area contributed by atoms with Crippen molar-refractivity contribution in [2.45, 2.75) is 32.1 Å². The number of ketones is 1. The number of rotatable bonds is 2. The van der Waals surface area contributed by atoms with Crippen molar-refractivity contribution in [1.29, 1.82) is 0 Å². The van der Waals surface area contributed by atoms with E-state index in [9.17, 15) is 9.18 Å². The zero-order chi connectivity index (χ0) is 11.4. The van der Waals surface area contributed by atoms with Crippen LogP contribution in [0.15, 0.2) is 41.7 Å². The molecular formula is C14H15FO. The fourth-order valence-corrected chi connectivity index (χ4v) is 2.07. The highest BCUT2D eigenvalue weighted by Crippen LogP contribution is 2.27. The summed E-state index contributed by atoms with van der Waals surface area (Å²) in [5.41, 5.74) is 1.15. The standard InChI is InChI=1S/C14H15FO/c15-13(11-7-3-1-4-8-11)14(16)12-9-5-2-6-10-12/h2,5-6,9-10H,1,3-4,7-8H2. The Bertz CT molecular complexity index is 398. The molecule has 1 fully saturated rings. The van der Waals surface area contributed by atoms with E-state index in [2.05, 4.69) is 0 Å². The van der Waals surface area contributed by atoms with Gasteiger partial charge in [0.05, 0.1) is 0 Å². The van der Waals surface area contributed by atoms with Crippen LogP contribution in [0.1, 0.15) is 42.5 Å². The second-order valence-electron chi connectivity index (χ2n) is 4.17. The molecule has 1 saturated carbocycles. The molecule has 16 heavy (non-hydrogen) atoms. The van der Waals surface area contributed by atoms with Gasteiger partial charge in [-0.3, -0.25) is 4.79 Å². The van der Waals surface area contributed by atoms with Crippen LogP contribution in [0.4, 0.5) is 4.39 Å². The molecule has 0 N–H and O–H groups in total. The molecule has 0 atom stereocenters. The van der Waals surface area contributed by atoms with Gasteiger partial charge in [-0.05, 0) is 31.3 Å². The minimum absolute atomic E-state index is 0.443. The van der Waals surface area contributed by atoms with E-state index < -0.39 is 11.6 Å². The van der Waals surface area contributed by atoms with Crippen molar-refractivity contribution in [3.8, 4) is 0 Å². The minimum atomic E-state index is -0.522. The first kappa shape index (κ1) is 11.1. The molecule has 0 amide bonds. The quantitative estimate of drug-likeness (QED) is 0.540. The van der Waals surface area contributed by atoms with E-state index in [1.807, 2.05) is 6.07 Å². The fraction of sp³-hybridized carbons (Fsp3) is 0.357. The van der Waals surface area contributed by atoms with Crippen LogP contribution >= 0.6 is 0 Å². The van der Waals surface area contributed by atoms with Gasteiger partial charge in [0.15, 0.2) is 5.83 Å². The van der Waals surface area contributed by atoms with Crippen molar-refractivity contribution in [1.82, 2.24) is 0 Å². The molecule has 1 aliphatic carbocycles. The SMILES string of the molecule is O=C(C(F)=C1CCCCC1)c1ccccc1. The van der Waals surface area contributed by atoms with E-state index in [0.29, 0.717) is 11.1 Å². The van der Waals surface area contributed by atoms with Crippen LogP contribution in [0.5, 0.6) is 0 Å². The lowest BCUT2D eigenvalue weighted by Gasteiger charge is -2.14. The molecule has 0 saturated heterocycles. The van der Waals surface area contributed by atoms with Gasteiger partial charge in [0.1, 0.15) is 0 Å². The summed E-state index contributed by atoms with van der Waals surface area (Å²) in [6.45, 7) is 0. The number of hydrogen-bond acceptors (Lipinski definition) is 1. The Labute approximate surface area is 95.0 Å². The largest absolute Gasteiger partial charge is 0.286 e. The second kappa shape index (κ2) is 5.06. The number of carbonyl (C=O) groups excluding carboxylic acids is 1. The normalized spacial score (nSPS) is 15.9. The predicted molar refractivity (Wildman–Crippen MR) is 62.0 cm³/mol. The molecule has 0 radical (unpaired) electrons. The van der Waals surface area contributed by atoms with Gasteiger partial charge in [-0.15, -0.1) is 0 Å². The van der Waals surface area contributed by atoms with Gasteiger partial charge in [-0.25, -0.2) is 4.39 Å². The molecule has 84 valence electrons. The number of carbonyl (C=O) groups is 1. The molecular weight excluding hydrogens is 203 g/mol. The summed E-state index contributed by atoms with van der Waals surface area (Å²) >= 11 is 0. The topological polar surface area (TPSA) is 17.1 Å². The molecule has 0 heterocycles. The van der Waals surface area contributed by atoms with Crippen LogP contribution in [0, 0.1) is 0 Å². The maximum atomic E-state index is 13.9. The Balaban J connectivity index is 2.21. The zero-order valence-electron chi connectivity index (χ0n) is 9.21. The third-order valence-electron chi connectivity index (χ3n) is 3.00. The van der Waals surface area contributed by atoms with E-state index in [-0.39, 0.29) is 0 Å². The van der Waals surface area contributed by atoms with Crippen molar-refractivity contribution in [3.05, 3.63) is 47.3 Å². The molecule has 1 aliphatic rings. The third kappa shape index (κ3) is 2.38. The van der Waals surface area contributed by atoms with Crippen LogP contribution in [0.25, 0.3) is 0 Å². The lowest BCUT2D eigenvalue weighted by atomic mass is 9.92. The summed E-state index contributed by atoms with van der Waals surface area (Å²) in [6.07, 6.45) is 4.64. The Hall–Kier alpha value is -1.44. The summed E-state index contributed by atoms with van der Waals surface area (Å²) in [5.74, 6) is -0.983. The number of halogens is 1. The van der Waals surface area contributed by atoms with Gasteiger partial charge in [0, 0.05) is 5.56 Å². The van der Waals surface area contributed by atoms with Crippen molar-refractivity contribution in [2.24, 2.45) is 0 Å². The number of allylic oxidation sites excluding steroid dienone is 2. The highest BCUT2D eigenvalue weighted by Gasteiger charge is 2.18. The van der Waals surface area contributed by atoms with Gasteiger partial charge >= 0.3 is 0 Å². The van der Waals surface area contributed by atoms with Crippen LogP contribution < -0.4 is 0 Å². The van der Waals surface area contributed by atoms with Crippen molar-refractivity contribution in [3.63, 3.8) is 0 Å². The van der Waals surface area contributed by atoms with Gasteiger partial charge in [-0.2, -0.15) is 0 Å². The Morgan fingerprint density at radius 2 is 1.62 bits per heavy atom. The van der Waals surface area contributed by atoms with E-state index >= 15 is 0 Å². The molecule has 0 aromatic heterocycles. The summed E-state index contributed by atoms with van der Waals surface area (Å²) in [7, 11) is 0. The van der Waals surface area contributed by atoms with E-state index in [1.54, 1.807) is 24.3 Å². The summed E-state index contributed by atoms with van der Waals surface area (Å²) in [5, 5.41) is 0. The lowest BCUT2D eigenvalue weighted by Crippen LogP contribution is -2.05. The first-order valence-electron chi connectivity index (χ1n) is 5.76. The summed E-state index contributed by atoms with van der Waals surface area (Å²) in [4.78, 5) is 11.8. The highest BCUT2D eigenvalue weighted by molar-refractivity contribution is 6.07. The van der Waals surface area contributed by atoms with E-state index in [4.69, 9.17) is 0 Å².